The van der Waals surface area contributed by atoms with E-state index in [2.05, 4.69) is 0 Å². The summed E-state index contributed by atoms with van der Waals surface area (Å²) >= 11 is 0. The number of hydrogen-bond acceptors (Lipinski definition) is 6. The van der Waals surface area contributed by atoms with Gasteiger partial charge in [-0.3, -0.25) is 9.59 Å². The number of carbonyl (C=O) groups excluding carboxylic acids is 2. The topological polar surface area (TPSA) is 71.1 Å². The van der Waals surface area contributed by atoms with E-state index in [9.17, 15) is 9.59 Å². The Bertz CT molecular complexity index is 518. The van der Waals surface area contributed by atoms with E-state index in [0.29, 0.717) is 12.8 Å². The Balaban J connectivity index is 1.87. The van der Waals surface area contributed by atoms with Gasteiger partial charge in [-0.15, -0.1) is 0 Å². The summed E-state index contributed by atoms with van der Waals surface area (Å²) in [5.74, 6) is -1.88. The molecular formula is C15H20O6. The molecule has 6 heteroatoms. The number of Topliss-reactive ketones (excluding diaryl/α,β-unsaturated/α-hetero) is 1. The van der Waals surface area contributed by atoms with Gasteiger partial charge in [0.15, 0.2) is 5.60 Å². The molecule has 4 saturated heterocycles. The molecule has 1 spiro atoms. The Hall–Kier alpha value is -0.980. The largest absolute Gasteiger partial charge is 0.432 e. The lowest BCUT2D eigenvalue weighted by Crippen LogP contribution is -2.70. The zero-order chi connectivity index (χ0) is 15.0. The molecule has 0 aromatic heterocycles. The number of carbonyl (C=O) groups is 2. The summed E-state index contributed by atoms with van der Waals surface area (Å²) in [6.07, 6.45) is 0.911. The van der Waals surface area contributed by atoms with Gasteiger partial charge in [0.1, 0.15) is 5.78 Å². The molecule has 7 atom stereocenters. The molecule has 5 rings (SSSR count). The molecule has 6 nitrogen and oxygen atoms in total. The van der Waals surface area contributed by atoms with E-state index in [1.54, 1.807) is 13.8 Å². The fourth-order valence-corrected chi connectivity index (χ4v) is 4.52. The van der Waals surface area contributed by atoms with Crippen molar-refractivity contribution in [2.45, 2.75) is 57.7 Å². The third-order valence-corrected chi connectivity index (χ3v) is 5.89. The van der Waals surface area contributed by atoms with E-state index >= 15 is 0 Å². The molecule has 0 radical (unpaired) electrons. The van der Waals surface area contributed by atoms with Crippen LogP contribution in [0, 0.1) is 23.7 Å². The van der Waals surface area contributed by atoms with E-state index in [0.717, 1.165) is 6.42 Å². The van der Waals surface area contributed by atoms with Crippen molar-refractivity contribution < 1.29 is 28.8 Å². The van der Waals surface area contributed by atoms with Gasteiger partial charge in [-0.25, -0.2) is 9.78 Å². The van der Waals surface area contributed by atoms with Gasteiger partial charge in [-0.1, -0.05) is 13.8 Å². The summed E-state index contributed by atoms with van der Waals surface area (Å²) in [6.45, 7) is 5.51. The fraction of sp³-hybridized carbons (Fsp3) is 0.867. The molecule has 4 heterocycles. The van der Waals surface area contributed by atoms with Crippen molar-refractivity contribution in [2.75, 3.05) is 0 Å². The van der Waals surface area contributed by atoms with Crippen molar-refractivity contribution in [3.63, 3.8) is 0 Å². The van der Waals surface area contributed by atoms with Crippen LogP contribution >= 0.6 is 0 Å². The Kier molecular flexibility index (Phi) is 2.64. The Morgan fingerprint density at radius 2 is 1.86 bits per heavy atom. The first kappa shape index (κ1) is 13.7. The molecule has 5 fully saturated rings. The molecule has 1 unspecified atom stereocenters. The molecule has 5 aliphatic rings. The van der Waals surface area contributed by atoms with Gasteiger partial charge in [0, 0.05) is 30.6 Å². The maximum absolute atomic E-state index is 12.4. The first-order valence-electron chi connectivity index (χ1n) is 7.65. The van der Waals surface area contributed by atoms with Crippen LogP contribution in [0.4, 0.5) is 0 Å². The van der Waals surface area contributed by atoms with E-state index in [4.69, 9.17) is 19.2 Å². The minimum atomic E-state index is -0.915. The first-order chi connectivity index (χ1) is 9.87. The van der Waals surface area contributed by atoms with E-state index < -0.39 is 23.6 Å². The Labute approximate surface area is 123 Å². The summed E-state index contributed by atoms with van der Waals surface area (Å²) in [4.78, 5) is 35.9. The van der Waals surface area contributed by atoms with Gasteiger partial charge in [0.2, 0.25) is 12.1 Å². The summed E-state index contributed by atoms with van der Waals surface area (Å²) < 4.78 is 11.4. The van der Waals surface area contributed by atoms with Crippen molar-refractivity contribution in [3.05, 3.63) is 0 Å². The van der Waals surface area contributed by atoms with Crippen LogP contribution in [-0.2, 0) is 28.8 Å². The minimum absolute atomic E-state index is 0.0476. The molecule has 0 amide bonds. The molecule has 0 aromatic rings. The van der Waals surface area contributed by atoms with Crippen molar-refractivity contribution >= 4 is 11.8 Å². The summed E-state index contributed by atoms with van der Waals surface area (Å²) in [7, 11) is 0. The van der Waals surface area contributed by atoms with Crippen molar-refractivity contribution in [1.29, 1.82) is 0 Å². The van der Waals surface area contributed by atoms with Crippen LogP contribution in [0.2, 0.25) is 0 Å². The fourth-order valence-electron chi connectivity index (χ4n) is 4.52. The van der Waals surface area contributed by atoms with Crippen LogP contribution in [-0.4, -0.2) is 29.4 Å². The van der Waals surface area contributed by atoms with E-state index in [1.807, 2.05) is 6.92 Å². The number of hydrogen-bond donors (Lipinski definition) is 0. The SMILES string of the molecule is C[C@@H]1C(=O)C[C@H]2[C@@H](C)C(=O)O[C@@H]3O[C@]4(C)CC[C@@H]1C32OO4. The highest BCUT2D eigenvalue weighted by Crippen LogP contribution is 2.58. The zero-order valence-corrected chi connectivity index (χ0v) is 12.5. The van der Waals surface area contributed by atoms with Gasteiger partial charge < -0.3 is 9.47 Å². The smallest absolute Gasteiger partial charge is 0.311 e. The van der Waals surface area contributed by atoms with Crippen molar-refractivity contribution in [1.82, 2.24) is 0 Å². The highest BCUT2D eigenvalue weighted by atomic mass is 17.3. The second-order valence-electron chi connectivity index (χ2n) is 7.04. The summed E-state index contributed by atoms with van der Waals surface area (Å²) in [5, 5.41) is 0. The maximum atomic E-state index is 12.4. The number of ketones is 1. The average Bonchev–Trinajstić information content (AvgIpc) is 2.66. The van der Waals surface area contributed by atoms with Crippen LogP contribution in [0.5, 0.6) is 0 Å². The Morgan fingerprint density at radius 1 is 1.10 bits per heavy atom. The average molecular weight is 296 g/mol. The molecule has 2 bridgehead atoms. The molecule has 21 heavy (non-hydrogen) atoms. The van der Waals surface area contributed by atoms with Crippen molar-refractivity contribution in [2.24, 2.45) is 23.7 Å². The van der Waals surface area contributed by atoms with Crippen LogP contribution in [0.25, 0.3) is 0 Å². The second-order valence-corrected chi connectivity index (χ2v) is 7.04. The van der Waals surface area contributed by atoms with Crippen molar-refractivity contribution in [3.8, 4) is 0 Å². The van der Waals surface area contributed by atoms with Gasteiger partial charge in [-0.2, -0.15) is 0 Å². The Morgan fingerprint density at radius 3 is 2.62 bits per heavy atom. The second kappa shape index (κ2) is 4.06. The van der Waals surface area contributed by atoms with Gasteiger partial charge in [0.05, 0.1) is 5.92 Å². The monoisotopic (exact) mass is 296 g/mol. The normalized spacial score (nSPS) is 55.7. The van der Waals surface area contributed by atoms with Crippen LogP contribution < -0.4 is 0 Å². The lowest BCUT2D eigenvalue weighted by molar-refractivity contribution is -0.557. The number of fused-ring (bicyclic) bond motifs is 2. The van der Waals surface area contributed by atoms with Gasteiger partial charge in [-0.05, 0) is 13.3 Å². The molecule has 1 aliphatic carbocycles. The number of rotatable bonds is 0. The third-order valence-electron chi connectivity index (χ3n) is 5.89. The highest BCUT2D eigenvalue weighted by Gasteiger charge is 2.71. The summed E-state index contributed by atoms with van der Waals surface area (Å²) in [6, 6.07) is 0. The number of ether oxygens (including phenoxy) is 2. The van der Waals surface area contributed by atoms with Gasteiger partial charge >= 0.3 is 5.97 Å². The van der Waals surface area contributed by atoms with Gasteiger partial charge in [0.25, 0.3) is 0 Å². The quantitative estimate of drug-likeness (QED) is 0.499. The summed E-state index contributed by atoms with van der Waals surface area (Å²) in [5.41, 5.74) is -0.851. The van der Waals surface area contributed by atoms with Crippen LogP contribution in [0.1, 0.15) is 40.0 Å². The lowest BCUT2D eigenvalue weighted by Gasteiger charge is -2.57. The molecule has 4 aliphatic heterocycles. The molecule has 116 valence electrons. The number of esters is 1. The molecule has 0 N–H and O–H groups in total. The standard InChI is InChI=1S/C15H20O6/c1-7-9-4-5-14(3)19-13-15(9,21-20-14)10(6-11(7)16)8(2)12(17)18-13/h7-10,13H,4-6H2,1-3H3/t7-,8+,9-,10-,13+,14-,15?/m0/s1. The van der Waals surface area contributed by atoms with Crippen LogP contribution in [0.3, 0.4) is 0 Å². The predicted octanol–water partition coefficient (Wildman–Crippen LogP) is 1.57. The highest BCUT2D eigenvalue weighted by molar-refractivity contribution is 5.84. The van der Waals surface area contributed by atoms with E-state index in [1.165, 1.54) is 0 Å². The first-order valence-corrected chi connectivity index (χ1v) is 7.65. The molecule has 0 aromatic carbocycles. The minimum Gasteiger partial charge on any atom is -0.432 e. The zero-order valence-electron chi connectivity index (χ0n) is 12.5. The molecular weight excluding hydrogens is 276 g/mol. The third kappa shape index (κ3) is 1.58. The maximum Gasteiger partial charge on any atom is 0.311 e. The van der Waals surface area contributed by atoms with Crippen LogP contribution in [0.15, 0.2) is 0 Å². The lowest BCUT2D eigenvalue weighted by atomic mass is 9.58. The molecule has 1 saturated carbocycles. The van der Waals surface area contributed by atoms with E-state index in [-0.39, 0.29) is 29.5 Å². The predicted molar refractivity (Wildman–Crippen MR) is 68.4 cm³/mol.